The minimum absolute atomic E-state index is 0.135. The van der Waals surface area contributed by atoms with E-state index in [1.165, 1.54) is 32.4 Å². The molecular formula is C18H27ClFN3O4S. The van der Waals surface area contributed by atoms with Crippen molar-refractivity contribution in [3.63, 3.8) is 0 Å². The molecule has 3 N–H and O–H groups in total. The first-order chi connectivity index (χ1) is 12.9. The molecule has 1 heterocycles. The number of halogens is 2. The number of aromatic nitrogens is 1. The fraction of sp³-hybridized carbons (Fsp3) is 0.667. The molecule has 1 aliphatic rings. The molecule has 2 rings (SSSR count). The van der Waals surface area contributed by atoms with Gasteiger partial charge in [0.1, 0.15) is 21.2 Å². The fourth-order valence-corrected chi connectivity index (χ4v) is 4.48. The fourth-order valence-electron chi connectivity index (χ4n) is 3.14. The lowest BCUT2D eigenvalue weighted by Gasteiger charge is -2.30. The lowest BCUT2D eigenvalue weighted by atomic mass is 9.94. The van der Waals surface area contributed by atoms with Crippen LogP contribution in [-0.2, 0) is 9.84 Å². The smallest absolute Gasteiger partial charge is 0.255 e. The number of carbonyl (C=O) groups is 1. The van der Waals surface area contributed by atoms with Crippen molar-refractivity contribution in [3.05, 3.63) is 23.0 Å². The summed E-state index contributed by atoms with van der Waals surface area (Å²) < 4.78 is 37.6. The molecule has 0 bridgehead atoms. The third-order valence-electron chi connectivity index (χ3n) is 4.91. The van der Waals surface area contributed by atoms with E-state index in [9.17, 15) is 22.7 Å². The van der Waals surface area contributed by atoms with Crippen molar-refractivity contribution >= 4 is 33.0 Å². The van der Waals surface area contributed by atoms with Gasteiger partial charge in [-0.1, -0.05) is 18.0 Å². The number of alkyl halides is 1. The Morgan fingerprint density at radius 2 is 2.14 bits per heavy atom. The standard InChI is InChI=1S/C18H27ClFN3O4S/c1-18(2,25)15(20)10-22-17(24)13-9-21-16(19)8-14(13)23-11-5-4-6-12(7-11)28(3,26)27/h8-9,11-12,15,25H,4-7,10H2,1-3H3,(H,21,23)(H,22,24)/t11?,12?,15-/m1/s1. The molecular weight excluding hydrogens is 409 g/mol. The number of nitrogens with zero attached hydrogens (tertiary/aromatic N) is 1. The van der Waals surface area contributed by atoms with Crippen LogP contribution in [0.2, 0.25) is 5.15 Å². The number of anilines is 1. The molecule has 2 unspecified atom stereocenters. The monoisotopic (exact) mass is 435 g/mol. The van der Waals surface area contributed by atoms with Crippen LogP contribution in [-0.4, -0.2) is 60.3 Å². The van der Waals surface area contributed by atoms with Crippen LogP contribution < -0.4 is 10.6 Å². The van der Waals surface area contributed by atoms with Crippen molar-refractivity contribution in [2.45, 2.75) is 62.6 Å². The van der Waals surface area contributed by atoms with Crippen LogP contribution in [0.4, 0.5) is 10.1 Å². The molecule has 3 atom stereocenters. The Balaban J connectivity index is 2.12. The molecule has 1 aromatic rings. The number of hydrogen-bond acceptors (Lipinski definition) is 6. The number of sulfone groups is 1. The second-order valence-corrected chi connectivity index (χ2v) is 10.6. The third-order valence-corrected chi connectivity index (χ3v) is 6.76. The van der Waals surface area contributed by atoms with Crippen LogP contribution >= 0.6 is 11.6 Å². The highest BCUT2D eigenvalue weighted by Gasteiger charge is 2.30. The molecule has 158 valence electrons. The summed E-state index contributed by atoms with van der Waals surface area (Å²) in [6.07, 6.45) is 3.46. The molecule has 7 nitrogen and oxygen atoms in total. The number of nitrogens with one attached hydrogen (secondary N) is 2. The first kappa shape index (κ1) is 22.8. The van der Waals surface area contributed by atoms with Gasteiger partial charge in [-0.25, -0.2) is 17.8 Å². The number of pyridine rings is 1. The van der Waals surface area contributed by atoms with E-state index in [0.717, 1.165) is 12.8 Å². The topological polar surface area (TPSA) is 108 Å². The van der Waals surface area contributed by atoms with Crippen LogP contribution in [0.25, 0.3) is 0 Å². The zero-order valence-electron chi connectivity index (χ0n) is 16.2. The number of amides is 1. The van der Waals surface area contributed by atoms with Gasteiger partial charge in [0, 0.05) is 18.5 Å². The van der Waals surface area contributed by atoms with Gasteiger partial charge < -0.3 is 15.7 Å². The van der Waals surface area contributed by atoms with Gasteiger partial charge in [0.25, 0.3) is 5.91 Å². The maximum absolute atomic E-state index is 13.9. The molecule has 1 aliphatic carbocycles. The number of hydrogen-bond donors (Lipinski definition) is 3. The Hall–Kier alpha value is -1.45. The first-order valence-electron chi connectivity index (χ1n) is 9.13. The van der Waals surface area contributed by atoms with Gasteiger partial charge in [-0.15, -0.1) is 0 Å². The second kappa shape index (κ2) is 8.92. The summed E-state index contributed by atoms with van der Waals surface area (Å²) in [5.74, 6) is -0.561. The third kappa shape index (κ3) is 6.28. The van der Waals surface area contributed by atoms with Gasteiger partial charge in [0.2, 0.25) is 0 Å². The average Bonchev–Trinajstić information content (AvgIpc) is 2.58. The van der Waals surface area contributed by atoms with Crippen LogP contribution in [0, 0.1) is 0 Å². The lowest BCUT2D eigenvalue weighted by molar-refractivity contribution is -0.00177. The average molecular weight is 436 g/mol. The normalized spacial score (nSPS) is 21.8. The van der Waals surface area contributed by atoms with Gasteiger partial charge in [-0.05, 0) is 39.2 Å². The molecule has 0 aliphatic heterocycles. The molecule has 0 aromatic carbocycles. The zero-order valence-corrected chi connectivity index (χ0v) is 17.8. The summed E-state index contributed by atoms with van der Waals surface area (Å²) in [6, 6.07) is 1.35. The van der Waals surface area contributed by atoms with E-state index in [1.807, 2.05) is 0 Å². The van der Waals surface area contributed by atoms with E-state index < -0.39 is 32.8 Å². The van der Waals surface area contributed by atoms with Crippen molar-refractivity contribution in [3.8, 4) is 0 Å². The van der Waals surface area contributed by atoms with Crippen molar-refractivity contribution < 1.29 is 22.7 Å². The summed E-state index contributed by atoms with van der Waals surface area (Å²) in [7, 11) is -3.14. The molecule has 0 radical (unpaired) electrons. The Labute approximate surface area is 170 Å². The molecule has 1 fully saturated rings. The number of rotatable bonds is 7. The van der Waals surface area contributed by atoms with Crippen LogP contribution in [0.1, 0.15) is 49.9 Å². The van der Waals surface area contributed by atoms with Gasteiger partial charge in [-0.2, -0.15) is 0 Å². The van der Waals surface area contributed by atoms with Crippen molar-refractivity contribution in [1.29, 1.82) is 0 Å². The zero-order chi connectivity index (χ0) is 21.1. The van der Waals surface area contributed by atoms with E-state index in [4.69, 9.17) is 11.6 Å². The Morgan fingerprint density at radius 3 is 2.75 bits per heavy atom. The van der Waals surface area contributed by atoms with Gasteiger partial charge in [-0.3, -0.25) is 4.79 Å². The van der Waals surface area contributed by atoms with Gasteiger partial charge in [0.15, 0.2) is 0 Å². The molecule has 10 heteroatoms. The molecule has 0 saturated heterocycles. The van der Waals surface area contributed by atoms with Gasteiger partial charge >= 0.3 is 0 Å². The molecule has 28 heavy (non-hydrogen) atoms. The largest absolute Gasteiger partial charge is 0.387 e. The summed E-state index contributed by atoms with van der Waals surface area (Å²) in [6.45, 7) is 2.29. The SMILES string of the molecule is CC(C)(O)[C@H](F)CNC(=O)c1cnc(Cl)cc1NC1CCCC(S(C)(=O)=O)C1. The lowest BCUT2D eigenvalue weighted by Crippen LogP contribution is -2.42. The van der Waals surface area contributed by atoms with E-state index in [2.05, 4.69) is 15.6 Å². The first-order valence-corrected chi connectivity index (χ1v) is 11.5. The van der Waals surface area contributed by atoms with E-state index in [-0.39, 0.29) is 23.3 Å². The van der Waals surface area contributed by atoms with Crippen molar-refractivity contribution in [2.75, 3.05) is 18.1 Å². The van der Waals surface area contributed by atoms with E-state index >= 15 is 0 Å². The number of carbonyl (C=O) groups excluding carboxylic acids is 1. The van der Waals surface area contributed by atoms with Crippen molar-refractivity contribution in [1.82, 2.24) is 10.3 Å². The summed E-state index contributed by atoms with van der Waals surface area (Å²) in [4.78, 5) is 16.4. The van der Waals surface area contributed by atoms with Crippen LogP contribution in [0.5, 0.6) is 0 Å². The van der Waals surface area contributed by atoms with Gasteiger partial charge in [0.05, 0.1) is 28.6 Å². The Kier molecular flexibility index (Phi) is 7.27. The van der Waals surface area contributed by atoms with E-state index in [1.54, 1.807) is 0 Å². The maximum atomic E-state index is 13.9. The van der Waals surface area contributed by atoms with Crippen molar-refractivity contribution in [2.24, 2.45) is 0 Å². The highest BCUT2D eigenvalue weighted by molar-refractivity contribution is 7.91. The highest BCUT2D eigenvalue weighted by Crippen LogP contribution is 2.28. The van der Waals surface area contributed by atoms with Crippen LogP contribution in [0.15, 0.2) is 12.3 Å². The maximum Gasteiger partial charge on any atom is 0.255 e. The molecule has 1 saturated carbocycles. The molecule has 1 aromatic heterocycles. The Bertz CT molecular complexity index is 814. The minimum Gasteiger partial charge on any atom is -0.387 e. The van der Waals surface area contributed by atoms with E-state index in [0.29, 0.717) is 18.5 Å². The van der Waals surface area contributed by atoms with Crippen LogP contribution in [0.3, 0.4) is 0 Å². The second-order valence-electron chi connectivity index (χ2n) is 7.84. The highest BCUT2D eigenvalue weighted by atomic mass is 35.5. The predicted molar refractivity (Wildman–Crippen MR) is 107 cm³/mol. The quantitative estimate of drug-likeness (QED) is 0.567. The minimum atomic E-state index is -3.14. The molecule has 1 amide bonds. The Morgan fingerprint density at radius 1 is 1.46 bits per heavy atom. The summed E-state index contributed by atoms with van der Waals surface area (Å²) in [5.41, 5.74) is -0.987. The number of aliphatic hydroxyl groups is 1. The summed E-state index contributed by atoms with van der Waals surface area (Å²) >= 11 is 5.96. The molecule has 0 spiro atoms. The summed E-state index contributed by atoms with van der Waals surface area (Å²) in [5, 5.41) is 15.0. The predicted octanol–water partition coefficient (Wildman–Crippen LogP) is 2.34.